The molecule has 148 valence electrons. The van der Waals surface area contributed by atoms with Gasteiger partial charge in [-0.1, -0.05) is 30.3 Å². The SMILES string of the molecule is COc1cc(OC)cc(N2CCC(NC(=O)[C@@H](N)Cc3ccccc3)C2=O)c1. The highest BCUT2D eigenvalue weighted by Crippen LogP contribution is 2.31. The zero-order valence-corrected chi connectivity index (χ0v) is 16.1. The fourth-order valence-corrected chi connectivity index (χ4v) is 3.26. The second-order valence-corrected chi connectivity index (χ2v) is 6.71. The van der Waals surface area contributed by atoms with Crippen LogP contribution in [0, 0.1) is 0 Å². The zero-order valence-electron chi connectivity index (χ0n) is 16.1. The molecule has 7 heteroatoms. The number of carbonyl (C=O) groups excluding carboxylic acids is 2. The van der Waals surface area contributed by atoms with Gasteiger partial charge in [0.2, 0.25) is 11.8 Å². The van der Waals surface area contributed by atoms with Crippen molar-refractivity contribution in [2.75, 3.05) is 25.7 Å². The number of benzene rings is 2. The summed E-state index contributed by atoms with van der Waals surface area (Å²) in [6.07, 6.45) is 0.937. The summed E-state index contributed by atoms with van der Waals surface area (Å²) in [5.41, 5.74) is 7.68. The fraction of sp³-hybridized carbons (Fsp3) is 0.333. The molecule has 0 bridgehead atoms. The molecule has 2 aromatic carbocycles. The van der Waals surface area contributed by atoms with Crippen LogP contribution in [0.4, 0.5) is 5.69 Å². The topological polar surface area (TPSA) is 93.9 Å². The molecule has 3 N–H and O–H groups in total. The van der Waals surface area contributed by atoms with Crippen molar-refractivity contribution in [1.29, 1.82) is 0 Å². The monoisotopic (exact) mass is 383 g/mol. The molecule has 0 saturated carbocycles. The highest BCUT2D eigenvalue weighted by molar-refractivity contribution is 6.02. The third kappa shape index (κ3) is 4.43. The van der Waals surface area contributed by atoms with E-state index >= 15 is 0 Å². The van der Waals surface area contributed by atoms with E-state index in [0.717, 1.165) is 5.56 Å². The Balaban J connectivity index is 1.64. The first-order chi connectivity index (χ1) is 13.5. The van der Waals surface area contributed by atoms with Gasteiger partial charge in [-0.15, -0.1) is 0 Å². The second-order valence-electron chi connectivity index (χ2n) is 6.71. The molecule has 1 heterocycles. The van der Waals surface area contributed by atoms with Crippen LogP contribution >= 0.6 is 0 Å². The van der Waals surface area contributed by atoms with E-state index in [1.165, 1.54) is 0 Å². The molecule has 28 heavy (non-hydrogen) atoms. The number of carbonyl (C=O) groups is 2. The van der Waals surface area contributed by atoms with Crippen LogP contribution < -0.4 is 25.4 Å². The largest absolute Gasteiger partial charge is 0.497 e. The van der Waals surface area contributed by atoms with Crippen LogP contribution in [0.1, 0.15) is 12.0 Å². The Bertz CT molecular complexity index is 819. The smallest absolute Gasteiger partial charge is 0.249 e. The van der Waals surface area contributed by atoms with Gasteiger partial charge in [0.05, 0.1) is 25.9 Å². The van der Waals surface area contributed by atoms with E-state index in [1.807, 2.05) is 30.3 Å². The minimum atomic E-state index is -0.707. The summed E-state index contributed by atoms with van der Waals surface area (Å²) in [6, 6.07) is 13.5. The molecule has 1 aliphatic rings. The van der Waals surface area contributed by atoms with E-state index in [9.17, 15) is 9.59 Å². The van der Waals surface area contributed by atoms with Crippen LogP contribution in [-0.2, 0) is 16.0 Å². The van der Waals surface area contributed by atoms with Crippen LogP contribution in [0.5, 0.6) is 11.5 Å². The highest BCUT2D eigenvalue weighted by Gasteiger charge is 2.34. The van der Waals surface area contributed by atoms with E-state index in [2.05, 4.69) is 5.32 Å². The predicted molar refractivity (Wildman–Crippen MR) is 107 cm³/mol. The zero-order chi connectivity index (χ0) is 20.1. The van der Waals surface area contributed by atoms with Crippen molar-refractivity contribution in [3.8, 4) is 11.5 Å². The van der Waals surface area contributed by atoms with Gasteiger partial charge in [-0.05, 0) is 18.4 Å². The van der Waals surface area contributed by atoms with Crippen LogP contribution in [0.15, 0.2) is 48.5 Å². The van der Waals surface area contributed by atoms with Gasteiger partial charge in [0.1, 0.15) is 17.5 Å². The van der Waals surface area contributed by atoms with Crippen LogP contribution in [0.2, 0.25) is 0 Å². The summed E-state index contributed by atoms with van der Waals surface area (Å²) in [5, 5.41) is 2.79. The molecule has 1 saturated heterocycles. The summed E-state index contributed by atoms with van der Waals surface area (Å²) >= 11 is 0. The maximum absolute atomic E-state index is 12.8. The normalized spacial score (nSPS) is 17.3. The first kappa shape index (κ1) is 19.7. The van der Waals surface area contributed by atoms with Gasteiger partial charge in [0.25, 0.3) is 0 Å². The van der Waals surface area contributed by atoms with E-state index in [-0.39, 0.29) is 11.8 Å². The Morgan fingerprint density at radius 3 is 2.43 bits per heavy atom. The van der Waals surface area contributed by atoms with Crippen molar-refractivity contribution in [3.05, 3.63) is 54.1 Å². The Labute approximate surface area is 164 Å². The predicted octanol–water partition coefficient (Wildman–Crippen LogP) is 1.50. The molecule has 1 unspecified atom stereocenters. The minimum absolute atomic E-state index is 0.171. The second kappa shape index (κ2) is 8.75. The summed E-state index contributed by atoms with van der Waals surface area (Å²) < 4.78 is 10.5. The van der Waals surface area contributed by atoms with E-state index in [1.54, 1.807) is 37.3 Å². The molecule has 0 spiro atoms. The summed E-state index contributed by atoms with van der Waals surface area (Å²) in [5.74, 6) is 0.696. The number of rotatable bonds is 7. The van der Waals surface area contributed by atoms with E-state index < -0.39 is 12.1 Å². The van der Waals surface area contributed by atoms with Gasteiger partial charge < -0.3 is 25.4 Å². The standard InChI is InChI=1S/C21H25N3O4/c1-27-16-11-15(12-17(13-16)28-2)24-9-8-19(21(24)26)23-20(25)18(22)10-14-6-4-3-5-7-14/h3-7,11-13,18-19H,8-10,22H2,1-2H3,(H,23,25)/t18-,19?/m0/s1. The number of anilines is 1. The number of methoxy groups -OCH3 is 2. The number of nitrogens with two attached hydrogens (primary N) is 1. The molecule has 2 atom stereocenters. The average molecular weight is 383 g/mol. The molecule has 1 aliphatic heterocycles. The van der Waals surface area contributed by atoms with Crippen molar-refractivity contribution in [1.82, 2.24) is 5.32 Å². The first-order valence-electron chi connectivity index (χ1n) is 9.16. The Morgan fingerprint density at radius 1 is 1.18 bits per heavy atom. The molecule has 3 rings (SSSR count). The lowest BCUT2D eigenvalue weighted by Crippen LogP contribution is -2.49. The minimum Gasteiger partial charge on any atom is -0.497 e. The number of nitrogens with zero attached hydrogens (tertiary/aromatic N) is 1. The lowest BCUT2D eigenvalue weighted by atomic mass is 10.1. The van der Waals surface area contributed by atoms with E-state index in [0.29, 0.717) is 36.6 Å². The Hall–Kier alpha value is -3.06. The summed E-state index contributed by atoms with van der Waals surface area (Å²) in [7, 11) is 3.11. The number of ether oxygens (including phenoxy) is 2. The molecular formula is C21H25N3O4. The number of hydrogen-bond acceptors (Lipinski definition) is 5. The Morgan fingerprint density at radius 2 is 1.82 bits per heavy atom. The van der Waals surface area contributed by atoms with Gasteiger partial charge in [-0.2, -0.15) is 0 Å². The number of hydrogen-bond donors (Lipinski definition) is 2. The quantitative estimate of drug-likeness (QED) is 0.756. The summed E-state index contributed by atoms with van der Waals surface area (Å²) in [6.45, 7) is 0.494. The average Bonchev–Trinajstić information content (AvgIpc) is 3.08. The molecule has 0 aromatic heterocycles. The van der Waals surface area contributed by atoms with Crippen molar-refractivity contribution in [3.63, 3.8) is 0 Å². The molecule has 1 fully saturated rings. The lowest BCUT2D eigenvalue weighted by Gasteiger charge is -2.20. The molecule has 0 aliphatic carbocycles. The maximum atomic E-state index is 12.8. The molecule has 7 nitrogen and oxygen atoms in total. The van der Waals surface area contributed by atoms with Gasteiger partial charge in [-0.25, -0.2) is 0 Å². The van der Waals surface area contributed by atoms with Crippen LogP contribution in [0.25, 0.3) is 0 Å². The van der Waals surface area contributed by atoms with Crippen molar-refractivity contribution in [2.45, 2.75) is 24.9 Å². The molecule has 2 aromatic rings. The van der Waals surface area contributed by atoms with Crippen molar-refractivity contribution >= 4 is 17.5 Å². The van der Waals surface area contributed by atoms with Crippen molar-refractivity contribution < 1.29 is 19.1 Å². The lowest BCUT2D eigenvalue weighted by molar-refractivity contribution is -0.127. The highest BCUT2D eigenvalue weighted by atomic mass is 16.5. The molecular weight excluding hydrogens is 358 g/mol. The van der Waals surface area contributed by atoms with Crippen molar-refractivity contribution in [2.24, 2.45) is 5.73 Å². The third-order valence-corrected chi connectivity index (χ3v) is 4.81. The number of amides is 2. The maximum Gasteiger partial charge on any atom is 0.249 e. The number of nitrogens with one attached hydrogen (secondary N) is 1. The fourth-order valence-electron chi connectivity index (χ4n) is 3.26. The van der Waals surface area contributed by atoms with Gasteiger partial charge >= 0.3 is 0 Å². The Kier molecular flexibility index (Phi) is 6.16. The molecule has 2 amide bonds. The van der Waals surface area contributed by atoms with E-state index in [4.69, 9.17) is 15.2 Å². The van der Waals surface area contributed by atoms with Crippen LogP contribution in [0.3, 0.4) is 0 Å². The first-order valence-corrected chi connectivity index (χ1v) is 9.16. The van der Waals surface area contributed by atoms with Crippen LogP contribution in [-0.4, -0.2) is 44.7 Å². The summed E-state index contributed by atoms with van der Waals surface area (Å²) in [4.78, 5) is 26.9. The van der Waals surface area contributed by atoms with Gasteiger partial charge in [-0.3, -0.25) is 9.59 Å². The van der Waals surface area contributed by atoms with Gasteiger partial charge in [0, 0.05) is 24.7 Å². The third-order valence-electron chi connectivity index (χ3n) is 4.81. The molecule has 0 radical (unpaired) electrons. The van der Waals surface area contributed by atoms with Gasteiger partial charge in [0.15, 0.2) is 0 Å².